The molecular weight excluding hydrogens is 236 g/mol. The lowest BCUT2D eigenvalue weighted by Crippen LogP contribution is -2.26. The maximum absolute atomic E-state index is 11.7. The van der Waals surface area contributed by atoms with Crippen molar-refractivity contribution >= 4 is 22.9 Å². The summed E-state index contributed by atoms with van der Waals surface area (Å²) in [6, 6.07) is 1.72. The SMILES string of the molecule is CCCCOCCNC(=O)c1cc(N)c(C)s1. The van der Waals surface area contributed by atoms with E-state index in [0.717, 1.165) is 24.3 Å². The summed E-state index contributed by atoms with van der Waals surface area (Å²) in [6.45, 7) is 5.89. The Morgan fingerprint density at radius 2 is 2.29 bits per heavy atom. The summed E-state index contributed by atoms with van der Waals surface area (Å²) in [5.74, 6) is -0.0751. The van der Waals surface area contributed by atoms with E-state index in [0.29, 0.717) is 23.7 Å². The molecular formula is C12H20N2O2S. The standard InChI is InChI=1S/C12H20N2O2S/c1-3-4-6-16-7-5-14-12(15)11-8-10(13)9(2)17-11/h8H,3-7,13H2,1-2H3,(H,14,15). The fourth-order valence-corrected chi connectivity index (χ4v) is 2.14. The number of ether oxygens (including phenoxy) is 1. The van der Waals surface area contributed by atoms with Gasteiger partial charge in [0.25, 0.3) is 5.91 Å². The average molecular weight is 256 g/mol. The van der Waals surface area contributed by atoms with Gasteiger partial charge in [-0.1, -0.05) is 13.3 Å². The first-order valence-corrected chi connectivity index (χ1v) is 6.68. The fraction of sp³-hybridized carbons (Fsp3) is 0.583. The van der Waals surface area contributed by atoms with Crippen LogP contribution < -0.4 is 11.1 Å². The van der Waals surface area contributed by atoms with Crippen LogP contribution in [-0.2, 0) is 4.74 Å². The van der Waals surface area contributed by atoms with E-state index in [1.165, 1.54) is 11.3 Å². The number of nitrogen functional groups attached to an aromatic ring is 1. The highest BCUT2D eigenvalue weighted by Crippen LogP contribution is 2.22. The molecule has 1 aromatic heterocycles. The van der Waals surface area contributed by atoms with Gasteiger partial charge in [0.1, 0.15) is 0 Å². The normalized spacial score (nSPS) is 10.5. The third-order valence-corrected chi connectivity index (χ3v) is 3.42. The maximum atomic E-state index is 11.7. The molecule has 1 heterocycles. The molecule has 17 heavy (non-hydrogen) atoms. The van der Waals surface area contributed by atoms with Crippen molar-refractivity contribution in [2.24, 2.45) is 0 Å². The summed E-state index contributed by atoms with van der Waals surface area (Å²) in [4.78, 5) is 13.3. The van der Waals surface area contributed by atoms with Crippen LogP contribution in [0.25, 0.3) is 0 Å². The van der Waals surface area contributed by atoms with E-state index in [1.807, 2.05) is 6.92 Å². The lowest BCUT2D eigenvalue weighted by Gasteiger charge is -2.04. The van der Waals surface area contributed by atoms with Crippen LogP contribution in [0.5, 0.6) is 0 Å². The summed E-state index contributed by atoms with van der Waals surface area (Å²) in [5.41, 5.74) is 6.37. The first-order valence-electron chi connectivity index (χ1n) is 5.87. The zero-order valence-electron chi connectivity index (χ0n) is 10.4. The molecule has 0 saturated carbocycles. The number of anilines is 1. The molecule has 0 aliphatic carbocycles. The monoisotopic (exact) mass is 256 g/mol. The Labute approximate surface area is 106 Å². The van der Waals surface area contributed by atoms with Crippen LogP contribution in [0.15, 0.2) is 6.07 Å². The van der Waals surface area contributed by atoms with E-state index < -0.39 is 0 Å². The quantitative estimate of drug-likeness (QED) is 0.735. The maximum Gasteiger partial charge on any atom is 0.261 e. The van der Waals surface area contributed by atoms with E-state index in [1.54, 1.807) is 6.07 Å². The minimum absolute atomic E-state index is 0.0751. The molecule has 0 bridgehead atoms. The number of hydrogen-bond donors (Lipinski definition) is 2. The molecule has 1 rings (SSSR count). The smallest absolute Gasteiger partial charge is 0.261 e. The Hall–Kier alpha value is -1.07. The van der Waals surface area contributed by atoms with Crippen LogP contribution in [-0.4, -0.2) is 25.7 Å². The molecule has 1 amide bonds. The Morgan fingerprint density at radius 3 is 2.88 bits per heavy atom. The molecule has 0 aromatic carbocycles. The van der Waals surface area contributed by atoms with E-state index in [9.17, 15) is 4.79 Å². The third-order valence-electron chi connectivity index (χ3n) is 2.35. The van der Waals surface area contributed by atoms with Gasteiger partial charge >= 0.3 is 0 Å². The van der Waals surface area contributed by atoms with Crippen molar-refractivity contribution in [1.29, 1.82) is 0 Å². The van der Waals surface area contributed by atoms with Crippen LogP contribution in [0.4, 0.5) is 5.69 Å². The van der Waals surface area contributed by atoms with Crippen molar-refractivity contribution in [3.63, 3.8) is 0 Å². The minimum Gasteiger partial charge on any atom is -0.398 e. The number of nitrogens with two attached hydrogens (primary N) is 1. The number of carbonyl (C=O) groups is 1. The summed E-state index contributed by atoms with van der Waals surface area (Å²) in [5, 5.41) is 2.81. The highest BCUT2D eigenvalue weighted by atomic mass is 32.1. The molecule has 0 spiro atoms. The first kappa shape index (κ1) is 14.0. The number of rotatable bonds is 7. The van der Waals surface area contributed by atoms with Gasteiger partial charge in [0, 0.05) is 23.7 Å². The number of thiophene rings is 1. The minimum atomic E-state index is -0.0751. The molecule has 0 aliphatic rings. The molecule has 96 valence electrons. The van der Waals surface area contributed by atoms with Gasteiger partial charge in [-0.25, -0.2) is 0 Å². The van der Waals surface area contributed by atoms with Gasteiger partial charge in [0.15, 0.2) is 0 Å². The molecule has 3 N–H and O–H groups in total. The summed E-state index contributed by atoms with van der Waals surface area (Å²) in [6.07, 6.45) is 2.19. The lowest BCUT2D eigenvalue weighted by molar-refractivity contribution is 0.0916. The summed E-state index contributed by atoms with van der Waals surface area (Å²) < 4.78 is 5.35. The molecule has 0 radical (unpaired) electrons. The second kappa shape index (κ2) is 7.29. The Morgan fingerprint density at radius 1 is 1.53 bits per heavy atom. The molecule has 0 fully saturated rings. The van der Waals surface area contributed by atoms with E-state index in [4.69, 9.17) is 10.5 Å². The van der Waals surface area contributed by atoms with Gasteiger partial charge in [0.05, 0.1) is 11.5 Å². The molecule has 0 aliphatic heterocycles. The van der Waals surface area contributed by atoms with Crippen molar-refractivity contribution < 1.29 is 9.53 Å². The van der Waals surface area contributed by atoms with Crippen LogP contribution >= 0.6 is 11.3 Å². The average Bonchev–Trinajstić information content (AvgIpc) is 2.64. The second-order valence-corrected chi connectivity index (χ2v) is 5.10. The van der Waals surface area contributed by atoms with Gasteiger partial charge in [-0.2, -0.15) is 0 Å². The number of carbonyl (C=O) groups excluding carboxylic acids is 1. The molecule has 0 saturated heterocycles. The zero-order chi connectivity index (χ0) is 12.7. The number of nitrogens with one attached hydrogen (secondary N) is 1. The molecule has 5 heteroatoms. The highest BCUT2D eigenvalue weighted by Gasteiger charge is 2.09. The molecule has 1 aromatic rings. The third kappa shape index (κ3) is 4.75. The summed E-state index contributed by atoms with van der Waals surface area (Å²) >= 11 is 1.42. The van der Waals surface area contributed by atoms with Crippen molar-refractivity contribution in [3.05, 3.63) is 15.8 Å². The number of aryl methyl sites for hydroxylation is 1. The molecule has 0 unspecified atom stereocenters. The second-order valence-electron chi connectivity index (χ2n) is 3.84. The van der Waals surface area contributed by atoms with Gasteiger partial charge in [0.2, 0.25) is 0 Å². The van der Waals surface area contributed by atoms with E-state index in [2.05, 4.69) is 12.2 Å². The fourth-order valence-electron chi connectivity index (χ4n) is 1.28. The zero-order valence-corrected chi connectivity index (χ0v) is 11.2. The number of amides is 1. The van der Waals surface area contributed by atoms with Crippen molar-refractivity contribution in [2.75, 3.05) is 25.5 Å². The molecule has 4 nitrogen and oxygen atoms in total. The number of unbranched alkanes of at least 4 members (excludes halogenated alkanes) is 1. The Balaban J connectivity index is 2.21. The van der Waals surface area contributed by atoms with Gasteiger partial charge < -0.3 is 15.8 Å². The van der Waals surface area contributed by atoms with Gasteiger partial charge in [-0.05, 0) is 19.4 Å². The number of hydrogen-bond acceptors (Lipinski definition) is 4. The largest absolute Gasteiger partial charge is 0.398 e. The van der Waals surface area contributed by atoms with Gasteiger partial charge in [-0.15, -0.1) is 11.3 Å². The molecule has 0 atom stereocenters. The van der Waals surface area contributed by atoms with Crippen LogP contribution in [0, 0.1) is 6.92 Å². The van der Waals surface area contributed by atoms with Gasteiger partial charge in [-0.3, -0.25) is 4.79 Å². The van der Waals surface area contributed by atoms with Crippen molar-refractivity contribution in [1.82, 2.24) is 5.32 Å². The predicted molar refractivity (Wildman–Crippen MR) is 71.5 cm³/mol. The van der Waals surface area contributed by atoms with Crippen molar-refractivity contribution in [3.8, 4) is 0 Å². The van der Waals surface area contributed by atoms with Crippen LogP contribution in [0.2, 0.25) is 0 Å². The first-order chi connectivity index (χ1) is 8.15. The van der Waals surface area contributed by atoms with Crippen LogP contribution in [0.1, 0.15) is 34.3 Å². The summed E-state index contributed by atoms with van der Waals surface area (Å²) in [7, 11) is 0. The van der Waals surface area contributed by atoms with E-state index in [-0.39, 0.29) is 5.91 Å². The Bertz CT molecular complexity index is 344. The highest BCUT2D eigenvalue weighted by molar-refractivity contribution is 7.14. The van der Waals surface area contributed by atoms with Crippen LogP contribution in [0.3, 0.4) is 0 Å². The Kier molecular flexibility index (Phi) is 6.00. The van der Waals surface area contributed by atoms with Crippen molar-refractivity contribution in [2.45, 2.75) is 26.7 Å². The lowest BCUT2D eigenvalue weighted by atomic mass is 10.3. The van der Waals surface area contributed by atoms with E-state index >= 15 is 0 Å². The predicted octanol–water partition coefficient (Wildman–Crippen LogP) is 2.19. The topological polar surface area (TPSA) is 64.3 Å².